The van der Waals surface area contributed by atoms with Crippen LogP contribution in [-0.2, 0) is 16.4 Å². The highest BCUT2D eigenvalue weighted by atomic mass is 32.2. The van der Waals surface area contributed by atoms with Gasteiger partial charge in [0.05, 0.1) is 16.9 Å². The summed E-state index contributed by atoms with van der Waals surface area (Å²) < 4.78 is 38.5. The van der Waals surface area contributed by atoms with E-state index in [0.29, 0.717) is 29.5 Å². The summed E-state index contributed by atoms with van der Waals surface area (Å²) in [6.45, 7) is 3.71. The number of methoxy groups -OCH3 is 1. The molecule has 0 amide bonds. The highest BCUT2D eigenvalue weighted by Gasteiger charge is 2.19. The normalized spacial score (nSPS) is 11.7. The number of hydrogen-bond donors (Lipinski definition) is 1. The van der Waals surface area contributed by atoms with Gasteiger partial charge in [0.2, 0.25) is 15.9 Å². The highest BCUT2D eigenvalue weighted by molar-refractivity contribution is 7.89. The van der Waals surface area contributed by atoms with Gasteiger partial charge in [-0.05, 0) is 48.6 Å². The van der Waals surface area contributed by atoms with Crippen LogP contribution in [0.5, 0.6) is 5.75 Å². The lowest BCUT2D eigenvalue weighted by Gasteiger charge is -2.12. The van der Waals surface area contributed by atoms with E-state index >= 15 is 0 Å². The average Bonchev–Trinajstić information content (AvgIpc) is 3.27. The molecule has 2 heterocycles. The zero-order chi connectivity index (χ0) is 18.7. The second-order valence-electron chi connectivity index (χ2n) is 5.71. The summed E-state index contributed by atoms with van der Waals surface area (Å²) >= 11 is 1.50. The molecule has 0 radical (unpaired) electrons. The molecule has 0 aliphatic carbocycles. The van der Waals surface area contributed by atoms with Crippen LogP contribution >= 0.6 is 11.3 Å². The Morgan fingerprint density at radius 3 is 2.73 bits per heavy atom. The van der Waals surface area contributed by atoms with Gasteiger partial charge in [-0.15, -0.1) is 21.5 Å². The first kappa shape index (κ1) is 18.6. The van der Waals surface area contributed by atoms with Crippen molar-refractivity contribution in [3.63, 3.8) is 0 Å². The van der Waals surface area contributed by atoms with Crippen LogP contribution in [0.4, 0.5) is 0 Å². The van der Waals surface area contributed by atoms with Gasteiger partial charge < -0.3 is 9.15 Å². The molecule has 0 bridgehead atoms. The summed E-state index contributed by atoms with van der Waals surface area (Å²) in [6, 6.07) is 7.12. The Kier molecular flexibility index (Phi) is 5.40. The Bertz CT molecular complexity index is 995. The van der Waals surface area contributed by atoms with Gasteiger partial charge in [-0.1, -0.05) is 6.07 Å². The molecule has 1 N–H and O–H groups in total. The van der Waals surface area contributed by atoms with E-state index in [4.69, 9.17) is 9.15 Å². The summed E-state index contributed by atoms with van der Waals surface area (Å²) in [4.78, 5) is 1.12. The maximum atomic E-state index is 12.6. The molecule has 0 saturated heterocycles. The molecule has 0 unspecified atom stereocenters. The van der Waals surface area contributed by atoms with Gasteiger partial charge in [0.25, 0.3) is 5.89 Å². The molecule has 7 nitrogen and oxygen atoms in total. The van der Waals surface area contributed by atoms with Gasteiger partial charge in [0.1, 0.15) is 5.75 Å². The van der Waals surface area contributed by atoms with Crippen LogP contribution in [0, 0.1) is 13.8 Å². The molecule has 3 rings (SSSR count). The molecule has 9 heteroatoms. The molecular formula is C17H19N3O4S2. The van der Waals surface area contributed by atoms with Crippen molar-refractivity contribution in [2.24, 2.45) is 0 Å². The van der Waals surface area contributed by atoms with Crippen molar-refractivity contribution in [1.29, 1.82) is 0 Å². The number of hydrogen-bond acceptors (Lipinski definition) is 7. The molecule has 0 spiro atoms. The van der Waals surface area contributed by atoms with Gasteiger partial charge in [-0.2, -0.15) is 0 Å². The molecular weight excluding hydrogens is 374 g/mol. The third-order valence-electron chi connectivity index (χ3n) is 3.81. The fourth-order valence-electron chi connectivity index (χ4n) is 2.50. The minimum atomic E-state index is -3.64. The van der Waals surface area contributed by atoms with Gasteiger partial charge in [0.15, 0.2) is 0 Å². The van der Waals surface area contributed by atoms with Gasteiger partial charge in [0, 0.05) is 13.0 Å². The summed E-state index contributed by atoms with van der Waals surface area (Å²) in [6.07, 6.45) is 0.311. The molecule has 0 fully saturated rings. The molecule has 0 saturated carbocycles. The van der Waals surface area contributed by atoms with E-state index < -0.39 is 10.0 Å². The van der Waals surface area contributed by atoms with Gasteiger partial charge in [-0.25, -0.2) is 13.1 Å². The van der Waals surface area contributed by atoms with E-state index in [1.807, 2.05) is 24.4 Å². The molecule has 0 aliphatic heterocycles. The second kappa shape index (κ2) is 7.56. The number of nitrogens with one attached hydrogen (secondary N) is 1. The third-order valence-corrected chi connectivity index (χ3v) is 6.27. The molecule has 2 aromatic heterocycles. The van der Waals surface area contributed by atoms with E-state index in [1.54, 1.807) is 26.2 Å². The number of nitrogens with zero attached hydrogens (tertiary/aromatic N) is 2. The summed E-state index contributed by atoms with van der Waals surface area (Å²) in [5.74, 6) is 1.49. The number of thiophene rings is 1. The lowest BCUT2D eigenvalue weighted by molar-refractivity contribution is 0.411. The fourth-order valence-corrected chi connectivity index (χ4v) is 4.48. The van der Waals surface area contributed by atoms with E-state index in [2.05, 4.69) is 14.9 Å². The molecule has 3 aromatic rings. The lowest BCUT2D eigenvalue weighted by Crippen LogP contribution is -2.26. The lowest BCUT2D eigenvalue weighted by atomic mass is 10.1. The topological polar surface area (TPSA) is 94.3 Å². The number of aryl methyl sites for hydroxylation is 2. The molecule has 0 aliphatic rings. The number of aromatic nitrogens is 2. The number of sulfonamides is 1. The third kappa shape index (κ3) is 3.95. The van der Waals surface area contributed by atoms with Gasteiger partial charge in [-0.3, -0.25) is 0 Å². The molecule has 1 aromatic carbocycles. The van der Waals surface area contributed by atoms with Crippen molar-refractivity contribution < 1.29 is 17.6 Å². The zero-order valence-electron chi connectivity index (χ0n) is 14.6. The summed E-state index contributed by atoms with van der Waals surface area (Å²) in [5, 5.41) is 9.86. The summed E-state index contributed by atoms with van der Waals surface area (Å²) in [7, 11) is -2.08. The van der Waals surface area contributed by atoms with Gasteiger partial charge >= 0.3 is 0 Å². The second-order valence-corrected chi connectivity index (χ2v) is 8.40. The first-order valence-electron chi connectivity index (χ1n) is 7.92. The molecule has 26 heavy (non-hydrogen) atoms. The monoisotopic (exact) mass is 393 g/mol. The summed E-state index contributed by atoms with van der Waals surface area (Å²) in [5.41, 5.74) is 1.38. The van der Waals surface area contributed by atoms with Crippen molar-refractivity contribution in [3.05, 3.63) is 46.7 Å². The van der Waals surface area contributed by atoms with Crippen molar-refractivity contribution in [3.8, 4) is 16.5 Å². The standard InChI is InChI=1S/C17H19N3O4S2/c1-11-10-15(12(2)9-13(11)23-3)26(21,22)18-7-6-16-19-20-17(24-16)14-5-4-8-25-14/h4-5,8-10,18H,6-7H2,1-3H3. The quantitative estimate of drug-likeness (QED) is 0.663. The maximum Gasteiger partial charge on any atom is 0.257 e. The predicted octanol–water partition coefficient (Wildman–Crippen LogP) is 2.94. The Labute approximate surface area is 156 Å². The smallest absolute Gasteiger partial charge is 0.257 e. The Balaban J connectivity index is 1.67. The van der Waals surface area contributed by atoms with Crippen molar-refractivity contribution in [2.75, 3.05) is 13.7 Å². The largest absolute Gasteiger partial charge is 0.496 e. The van der Waals surface area contributed by atoms with Crippen LogP contribution in [0.3, 0.4) is 0 Å². The Morgan fingerprint density at radius 1 is 1.23 bits per heavy atom. The van der Waals surface area contributed by atoms with E-state index in [0.717, 1.165) is 10.4 Å². The van der Waals surface area contributed by atoms with Crippen LogP contribution in [0.1, 0.15) is 17.0 Å². The number of benzene rings is 1. The van der Waals surface area contributed by atoms with Crippen molar-refractivity contribution in [1.82, 2.24) is 14.9 Å². The van der Waals surface area contributed by atoms with Crippen LogP contribution in [0.2, 0.25) is 0 Å². The van der Waals surface area contributed by atoms with E-state index in [1.165, 1.54) is 11.3 Å². The maximum absolute atomic E-state index is 12.6. The predicted molar refractivity (Wildman–Crippen MR) is 99.0 cm³/mol. The van der Waals surface area contributed by atoms with Crippen LogP contribution in [0.15, 0.2) is 39.0 Å². The highest BCUT2D eigenvalue weighted by Crippen LogP contribution is 2.26. The van der Waals surface area contributed by atoms with Crippen LogP contribution < -0.4 is 9.46 Å². The zero-order valence-corrected chi connectivity index (χ0v) is 16.3. The van der Waals surface area contributed by atoms with Crippen LogP contribution in [0.25, 0.3) is 10.8 Å². The van der Waals surface area contributed by atoms with Crippen molar-refractivity contribution >= 4 is 21.4 Å². The van der Waals surface area contributed by atoms with E-state index in [-0.39, 0.29) is 11.4 Å². The number of ether oxygens (including phenoxy) is 1. The fraction of sp³-hybridized carbons (Fsp3) is 0.294. The first-order chi connectivity index (χ1) is 12.4. The van der Waals surface area contributed by atoms with Crippen molar-refractivity contribution in [2.45, 2.75) is 25.2 Å². The average molecular weight is 393 g/mol. The van der Waals surface area contributed by atoms with E-state index in [9.17, 15) is 8.42 Å². The minimum Gasteiger partial charge on any atom is -0.496 e. The first-order valence-corrected chi connectivity index (χ1v) is 10.3. The SMILES string of the molecule is COc1cc(C)c(S(=O)(=O)NCCc2nnc(-c3cccs3)o2)cc1C. The minimum absolute atomic E-state index is 0.166. The number of rotatable bonds is 7. The Morgan fingerprint density at radius 2 is 2.04 bits per heavy atom. The molecule has 0 atom stereocenters. The van der Waals surface area contributed by atoms with Crippen LogP contribution in [-0.4, -0.2) is 32.3 Å². The molecule has 138 valence electrons. The Hall–Kier alpha value is -2.23.